The van der Waals surface area contributed by atoms with Crippen LogP contribution in [0.1, 0.15) is 72.9 Å². The predicted octanol–water partition coefficient (Wildman–Crippen LogP) is 7.04. The molecule has 0 saturated heterocycles. The minimum atomic E-state index is -0.570. The molecule has 0 spiro atoms. The van der Waals surface area contributed by atoms with Gasteiger partial charge in [0, 0.05) is 26.7 Å². The normalized spacial score (nSPS) is 13.6. The summed E-state index contributed by atoms with van der Waals surface area (Å²) in [5, 5.41) is 13.5. The maximum Gasteiger partial charge on any atom is 0.308 e. The highest BCUT2D eigenvalue weighted by Gasteiger charge is 2.32. The Kier molecular flexibility index (Phi) is 19.1. The van der Waals surface area contributed by atoms with Crippen molar-refractivity contribution in [2.75, 3.05) is 91.2 Å². The van der Waals surface area contributed by atoms with Crippen molar-refractivity contribution in [2.45, 2.75) is 66.0 Å². The zero-order valence-electron chi connectivity index (χ0n) is 36.0. The number of fused-ring (bicyclic) bond motifs is 3. The Morgan fingerprint density at radius 1 is 0.738 bits per heavy atom. The molecule has 332 valence electrons. The number of aryl methyl sites for hydroxylation is 2. The lowest BCUT2D eigenvalue weighted by Gasteiger charge is -2.19. The van der Waals surface area contributed by atoms with Gasteiger partial charge in [-0.05, 0) is 83.5 Å². The molecule has 15 nitrogen and oxygen atoms in total. The topological polar surface area (TPSA) is 163 Å². The zero-order valence-corrected chi connectivity index (χ0v) is 37.5. The van der Waals surface area contributed by atoms with Crippen LogP contribution in [0.2, 0.25) is 5.02 Å². The molecule has 61 heavy (non-hydrogen) atoms. The molecule has 5 rings (SSSR count). The Balaban J connectivity index is 0.902. The van der Waals surface area contributed by atoms with Crippen LogP contribution in [-0.4, -0.2) is 124 Å². The average Bonchev–Trinajstić information content (AvgIpc) is 3.70. The molecule has 2 aromatic carbocycles. The lowest BCUT2D eigenvalue weighted by atomic mass is 9.99. The van der Waals surface area contributed by atoms with Gasteiger partial charge in [-0.1, -0.05) is 23.7 Å². The van der Waals surface area contributed by atoms with E-state index in [1.807, 2.05) is 56.5 Å². The molecular formula is C44H58ClN5O10S. The molecule has 1 N–H and O–H groups in total. The molecule has 0 aliphatic carbocycles. The summed E-state index contributed by atoms with van der Waals surface area (Å²) in [4.78, 5) is 31.5. The number of nitrogens with one attached hydrogen (secondary N) is 1. The highest BCUT2D eigenvalue weighted by molar-refractivity contribution is 7.15. The fourth-order valence-corrected chi connectivity index (χ4v) is 7.46. The molecule has 1 aliphatic rings. The van der Waals surface area contributed by atoms with Gasteiger partial charge in [0.2, 0.25) is 5.91 Å². The molecule has 0 radical (unpaired) electrons. The Labute approximate surface area is 367 Å². The molecule has 1 aliphatic heterocycles. The second-order valence-electron chi connectivity index (χ2n) is 15.0. The first-order chi connectivity index (χ1) is 29.4. The Morgan fingerprint density at radius 3 is 1.84 bits per heavy atom. The summed E-state index contributed by atoms with van der Waals surface area (Å²) in [5.74, 6) is 1.54. The van der Waals surface area contributed by atoms with Gasteiger partial charge < -0.3 is 43.2 Å². The molecule has 1 amide bonds. The van der Waals surface area contributed by atoms with Crippen molar-refractivity contribution in [1.29, 1.82) is 0 Å². The van der Waals surface area contributed by atoms with Crippen LogP contribution >= 0.6 is 22.9 Å². The van der Waals surface area contributed by atoms with Crippen LogP contribution in [0.4, 0.5) is 5.69 Å². The van der Waals surface area contributed by atoms with Gasteiger partial charge in [-0.25, -0.2) is 0 Å². The van der Waals surface area contributed by atoms with E-state index in [4.69, 9.17) is 54.5 Å². The maximum absolute atomic E-state index is 13.5. The van der Waals surface area contributed by atoms with E-state index in [2.05, 4.69) is 29.4 Å². The molecule has 17 heteroatoms. The van der Waals surface area contributed by atoms with Crippen LogP contribution in [0.3, 0.4) is 0 Å². The van der Waals surface area contributed by atoms with Gasteiger partial charge in [0.05, 0.1) is 97.8 Å². The standard InChI is InChI=1S/C44H58ClN5O10S/c1-30-31(2)61-43-40(30)41(33-7-9-34(45)10-8-33)47-37(42-49-48-32(3)50(42)43)29-38(51)46-35-11-13-36(14-12-35)59-28-27-58-26-25-57-24-23-56-22-21-55-20-19-54-18-17-53-16-15-39(52)60-44(4,5)6/h7-14,37H,15-29H2,1-6H3,(H,46,51)/t37-/m0/s1. The number of anilines is 1. The molecule has 0 saturated carbocycles. The second kappa shape index (κ2) is 24.4. The van der Waals surface area contributed by atoms with Crippen LogP contribution in [-0.2, 0) is 42.7 Å². The summed E-state index contributed by atoms with van der Waals surface area (Å²) < 4.78 is 46.1. The lowest BCUT2D eigenvalue weighted by Crippen LogP contribution is -2.24. The summed E-state index contributed by atoms with van der Waals surface area (Å²) in [6, 6.07) is 14.3. The summed E-state index contributed by atoms with van der Waals surface area (Å²) in [6.45, 7) is 17.1. The fraction of sp³-hybridized carbons (Fsp3) is 0.523. The molecule has 2 aromatic heterocycles. The molecule has 0 fully saturated rings. The number of amides is 1. The molecule has 1 atom stereocenters. The van der Waals surface area contributed by atoms with Crippen LogP contribution < -0.4 is 10.1 Å². The van der Waals surface area contributed by atoms with Crippen LogP contribution in [0.25, 0.3) is 5.00 Å². The third kappa shape index (κ3) is 15.6. The van der Waals surface area contributed by atoms with Gasteiger partial charge in [-0.3, -0.25) is 19.1 Å². The summed E-state index contributed by atoms with van der Waals surface area (Å²) in [5.41, 5.74) is 4.01. The van der Waals surface area contributed by atoms with E-state index in [0.717, 1.165) is 33.2 Å². The van der Waals surface area contributed by atoms with Crippen LogP contribution in [0, 0.1) is 20.8 Å². The van der Waals surface area contributed by atoms with Gasteiger partial charge in [-0.2, -0.15) is 0 Å². The predicted molar refractivity (Wildman–Crippen MR) is 234 cm³/mol. The van der Waals surface area contributed by atoms with Crippen LogP contribution in [0.15, 0.2) is 53.5 Å². The summed E-state index contributed by atoms with van der Waals surface area (Å²) in [7, 11) is 0. The number of aromatic nitrogens is 3. The number of esters is 1. The number of aliphatic imine (C=N–C) groups is 1. The average molecular weight is 884 g/mol. The number of hydrogen-bond donors (Lipinski definition) is 1. The quantitative estimate of drug-likeness (QED) is 0.0507. The van der Waals surface area contributed by atoms with Gasteiger partial charge in [0.25, 0.3) is 0 Å². The summed E-state index contributed by atoms with van der Waals surface area (Å²) >= 11 is 7.90. The third-order valence-electron chi connectivity index (χ3n) is 9.10. The summed E-state index contributed by atoms with van der Waals surface area (Å²) in [6.07, 6.45) is 0.290. The third-order valence-corrected chi connectivity index (χ3v) is 10.5. The minimum Gasteiger partial charge on any atom is -0.491 e. The number of ether oxygens (including phenoxy) is 8. The van der Waals surface area contributed by atoms with E-state index in [1.54, 1.807) is 35.6 Å². The van der Waals surface area contributed by atoms with E-state index >= 15 is 0 Å². The van der Waals surface area contributed by atoms with Gasteiger partial charge in [0.1, 0.15) is 34.8 Å². The van der Waals surface area contributed by atoms with Crippen molar-refractivity contribution in [3.05, 3.63) is 86.8 Å². The lowest BCUT2D eigenvalue weighted by molar-refractivity contribution is -0.156. The number of nitrogens with zero attached hydrogens (tertiary/aromatic N) is 4. The Hall–Kier alpha value is -4.26. The minimum absolute atomic E-state index is 0.0703. The van der Waals surface area contributed by atoms with Gasteiger partial charge in [-0.15, -0.1) is 21.5 Å². The Bertz CT molecular complexity index is 2010. The number of hydrogen-bond acceptors (Lipinski definition) is 14. The second-order valence-corrected chi connectivity index (χ2v) is 16.7. The van der Waals surface area contributed by atoms with Crippen molar-refractivity contribution < 1.29 is 47.5 Å². The van der Waals surface area contributed by atoms with Crippen molar-refractivity contribution in [2.24, 2.45) is 4.99 Å². The highest BCUT2D eigenvalue weighted by Crippen LogP contribution is 2.39. The molecule has 0 bridgehead atoms. The first-order valence-corrected chi connectivity index (χ1v) is 21.7. The largest absolute Gasteiger partial charge is 0.491 e. The van der Waals surface area contributed by atoms with E-state index < -0.39 is 11.6 Å². The Morgan fingerprint density at radius 2 is 1.28 bits per heavy atom. The van der Waals surface area contributed by atoms with E-state index in [0.29, 0.717) is 108 Å². The fourth-order valence-electron chi connectivity index (χ4n) is 6.12. The zero-order chi connectivity index (χ0) is 43.6. The molecule has 0 unspecified atom stereocenters. The first kappa shape index (κ1) is 47.8. The maximum atomic E-state index is 13.5. The monoisotopic (exact) mass is 883 g/mol. The van der Waals surface area contributed by atoms with Crippen molar-refractivity contribution >= 4 is 46.2 Å². The number of thiophene rings is 1. The van der Waals surface area contributed by atoms with E-state index in [9.17, 15) is 9.59 Å². The number of halogens is 1. The van der Waals surface area contributed by atoms with Gasteiger partial charge >= 0.3 is 5.97 Å². The molecule has 3 heterocycles. The number of carbonyl (C=O) groups excluding carboxylic acids is 2. The number of rotatable bonds is 26. The number of carbonyl (C=O) groups is 2. The molecule has 4 aromatic rings. The highest BCUT2D eigenvalue weighted by atomic mass is 35.5. The molecular weight excluding hydrogens is 826 g/mol. The van der Waals surface area contributed by atoms with E-state index in [-0.39, 0.29) is 24.7 Å². The SMILES string of the molecule is Cc1sc2c(c1C)C(c1ccc(Cl)cc1)=N[C@@H](CC(=O)Nc1ccc(OCCOCCOCCOCCOCCOCCOCCC(=O)OC(C)(C)C)cc1)c1nnc(C)n1-2. The van der Waals surface area contributed by atoms with Gasteiger partial charge in [0.15, 0.2) is 5.82 Å². The van der Waals surface area contributed by atoms with Crippen molar-refractivity contribution in [3.8, 4) is 10.8 Å². The van der Waals surface area contributed by atoms with E-state index in [1.165, 1.54) is 4.88 Å². The van der Waals surface area contributed by atoms with Crippen LogP contribution in [0.5, 0.6) is 5.75 Å². The number of benzene rings is 2. The van der Waals surface area contributed by atoms with Crippen molar-refractivity contribution in [3.63, 3.8) is 0 Å². The smallest absolute Gasteiger partial charge is 0.308 e. The van der Waals surface area contributed by atoms with Crippen molar-refractivity contribution in [1.82, 2.24) is 14.8 Å². The first-order valence-electron chi connectivity index (χ1n) is 20.5.